The van der Waals surface area contributed by atoms with Crippen LogP contribution in [0.1, 0.15) is 39.4 Å². The highest BCUT2D eigenvalue weighted by atomic mass is 32.1. The van der Waals surface area contributed by atoms with E-state index in [0.29, 0.717) is 5.56 Å². The van der Waals surface area contributed by atoms with Crippen LogP contribution in [0.5, 0.6) is 5.75 Å². The third-order valence-corrected chi connectivity index (χ3v) is 4.94. The van der Waals surface area contributed by atoms with Gasteiger partial charge in [0.2, 0.25) is 0 Å². The number of thiophene rings is 1. The van der Waals surface area contributed by atoms with Crippen LogP contribution in [0.2, 0.25) is 0 Å². The second-order valence-electron chi connectivity index (χ2n) is 5.79. The Morgan fingerprint density at radius 2 is 1.67 bits per heavy atom. The zero-order valence-electron chi connectivity index (χ0n) is 16.6. The van der Waals surface area contributed by atoms with Crippen molar-refractivity contribution in [1.82, 2.24) is 0 Å². The average Bonchev–Trinajstić information content (AvgIpc) is 3.03. The Hall–Kier alpha value is -3.47. The van der Waals surface area contributed by atoms with E-state index >= 15 is 0 Å². The number of ether oxygens (including phenoxy) is 3. The van der Waals surface area contributed by atoms with Gasteiger partial charge in [0.05, 0.1) is 23.7 Å². The van der Waals surface area contributed by atoms with Gasteiger partial charge in [-0.3, -0.25) is 14.9 Å². The summed E-state index contributed by atoms with van der Waals surface area (Å²) >= 11 is 0.906. The highest BCUT2D eigenvalue weighted by Gasteiger charge is 2.27. The number of hydrogen-bond donors (Lipinski definition) is 1. The lowest BCUT2D eigenvalue weighted by Crippen LogP contribution is -2.21. The van der Waals surface area contributed by atoms with E-state index in [4.69, 9.17) is 14.2 Å². The summed E-state index contributed by atoms with van der Waals surface area (Å²) in [5, 5.41) is 13.4. The fourth-order valence-electron chi connectivity index (χ4n) is 2.42. The predicted octanol–water partition coefficient (Wildman–Crippen LogP) is 3.34. The van der Waals surface area contributed by atoms with Gasteiger partial charge in [-0.1, -0.05) is 0 Å². The lowest BCUT2D eigenvalue weighted by molar-refractivity contribution is -0.384. The van der Waals surface area contributed by atoms with Crippen molar-refractivity contribution in [1.29, 1.82) is 0 Å². The van der Waals surface area contributed by atoms with E-state index in [1.54, 1.807) is 20.8 Å². The van der Waals surface area contributed by atoms with Gasteiger partial charge in [0.1, 0.15) is 15.6 Å². The molecule has 0 atom stereocenters. The summed E-state index contributed by atoms with van der Waals surface area (Å²) in [6.45, 7) is 4.74. The number of carbonyl (C=O) groups excluding carboxylic acids is 3. The van der Waals surface area contributed by atoms with Crippen molar-refractivity contribution in [3.63, 3.8) is 0 Å². The van der Waals surface area contributed by atoms with Gasteiger partial charge < -0.3 is 19.5 Å². The number of nitro groups is 1. The molecule has 0 bridgehead atoms. The minimum atomic E-state index is -0.673. The molecule has 1 aromatic carbocycles. The van der Waals surface area contributed by atoms with Gasteiger partial charge in [-0.2, -0.15) is 0 Å². The summed E-state index contributed by atoms with van der Waals surface area (Å²) in [6, 6.07) is 5.23. The molecular formula is C19H20N2O8S. The zero-order chi connectivity index (χ0) is 22.3. The molecular weight excluding hydrogens is 416 g/mol. The molecule has 1 aromatic heterocycles. The molecule has 2 rings (SSSR count). The summed E-state index contributed by atoms with van der Waals surface area (Å²) in [4.78, 5) is 47.1. The first kappa shape index (κ1) is 22.8. The highest BCUT2D eigenvalue weighted by Crippen LogP contribution is 2.34. The summed E-state index contributed by atoms with van der Waals surface area (Å²) in [6.07, 6.45) is 0. The Balaban J connectivity index is 2.15. The Labute approximate surface area is 175 Å². The van der Waals surface area contributed by atoms with Crippen LogP contribution in [-0.2, 0) is 14.3 Å². The molecule has 160 valence electrons. The number of benzene rings is 1. The van der Waals surface area contributed by atoms with Crippen LogP contribution in [0.15, 0.2) is 24.3 Å². The minimum Gasteiger partial charge on any atom is -0.484 e. The van der Waals surface area contributed by atoms with Crippen molar-refractivity contribution in [2.75, 3.05) is 25.1 Å². The monoisotopic (exact) mass is 436 g/mol. The number of esters is 2. The largest absolute Gasteiger partial charge is 0.484 e. The van der Waals surface area contributed by atoms with Crippen LogP contribution in [0.3, 0.4) is 0 Å². The Morgan fingerprint density at radius 3 is 2.23 bits per heavy atom. The molecule has 0 aliphatic carbocycles. The SMILES string of the molecule is CCOC(=O)c1sc(NC(=O)COc2ccc([N+](=O)[O-])cc2)c(C(=O)OCC)c1C. The predicted molar refractivity (Wildman–Crippen MR) is 108 cm³/mol. The molecule has 2 aromatic rings. The molecule has 0 radical (unpaired) electrons. The van der Waals surface area contributed by atoms with E-state index in [1.165, 1.54) is 24.3 Å². The number of anilines is 1. The van der Waals surface area contributed by atoms with Crippen LogP contribution in [0, 0.1) is 17.0 Å². The molecule has 0 aliphatic rings. The van der Waals surface area contributed by atoms with Crippen LogP contribution in [-0.4, -0.2) is 42.6 Å². The standard InChI is InChI=1S/C19H20N2O8S/c1-4-27-18(23)15-11(3)16(19(24)28-5-2)30-17(15)20-14(22)10-29-13-8-6-12(7-9-13)21(25)26/h6-9H,4-5,10H2,1-3H3,(H,20,22). The Bertz CT molecular complexity index is 952. The van der Waals surface area contributed by atoms with Crippen molar-refractivity contribution >= 4 is 39.9 Å². The van der Waals surface area contributed by atoms with E-state index in [9.17, 15) is 24.5 Å². The molecule has 0 spiro atoms. The van der Waals surface area contributed by atoms with Gasteiger partial charge in [-0.25, -0.2) is 9.59 Å². The number of nitro benzene ring substituents is 1. The van der Waals surface area contributed by atoms with E-state index in [1.807, 2.05) is 0 Å². The summed E-state index contributed by atoms with van der Waals surface area (Å²) in [7, 11) is 0. The van der Waals surface area contributed by atoms with Gasteiger partial charge in [0.15, 0.2) is 6.61 Å². The molecule has 0 aliphatic heterocycles. The van der Waals surface area contributed by atoms with Crippen molar-refractivity contribution in [2.24, 2.45) is 0 Å². The van der Waals surface area contributed by atoms with Crippen LogP contribution < -0.4 is 10.1 Å². The molecule has 0 saturated carbocycles. The Morgan fingerprint density at radius 1 is 1.07 bits per heavy atom. The maximum atomic E-state index is 12.3. The number of amides is 1. The van der Waals surface area contributed by atoms with E-state index in [2.05, 4.69) is 5.32 Å². The number of hydrogen-bond acceptors (Lipinski definition) is 9. The minimum absolute atomic E-state index is 0.0774. The van der Waals surface area contributed by atoms with Gasteiger partial charge >= 0.3 is 11.9 Å². The van der Waals surface area contributed by atoms with Crippen molar-refractivity contribution in [3.8, 4) is 5.75 Å². The molecule has 11 heteroatoms. The zero-order valence-corrected chi connectivity index (χ0v) is 17.4. The number of rotatable bonds is 9. The highest BCUT2D eigenvalue weighted by molar-refractivity contribution is 7.18. The smallest absolute Gasteiger partial charge is 0.348 e. The maximum Gasteiger partial charge on any atom is 0.348 e. The molecule has 0 saturated heterocycles. The van der Waals surface area contributed by atoms with Crippen molar-refractivity contribution in [2.45, 2.75) is 20.8 Å². The topological polar surface area (TPSA) is 134 Å². The number of carbonyl (C=O) groups is 3. The lowest BCUT2D eigenvalue weighted by atomic mass is 10.1. The number of nitrogens with one attached hydrogen (secondary N) is 1. The van der Waals surface area contributed by atoms with E-state index < -0.39 is 29.4 Å². The van der Waals surface area contributed by atoms with Crippen LogP contribution in [0.4, 0.5) is 10.7 Å². The third-order valence-electron chi connectivity index (χ3n) is 3.76. The summed E-state index contributed by atoms with van der Waals surface area (Å²) < 4.78 is 15.3. The second-order valence-corrected chi connectivity index (χ2v) is 6.81. The molecule has 0 fully saturated rings. The normalized spacial score (nSPS) is 10.2. The number of non-ortho nitro benzene ring substituents is 1. The second kappa shape index (κ2) is 10.3. The molecule has 10 nitrogen and oxygen atoms in total. The first-order valence-corrected chi connectivity index (χ1v) is 9.74. The quantitative estimate of drug-likeness (QED) is 0.359. The van der Waals surface area contributed by atoms with Crippen molar-refractivity contribution in [3.05, 3.63) is 50.4 Å². The van der Waals surface area contributed by atoms with E-state index in [0.717, 1.165) is 11.3 Å². The molecule has 1 heterocycles. The first-order chi connectivity index (χ1) is 14.3. The van der Waals surface area contributed by atoms with E-state index in [-0.39, 0.29) is 40.1 Å². The molecule has 1 N–H and O–H groups in total. The first-order valence-electron chi connectivity index (χ1n) is 8.93. The van der Waals surface area contributed by atoms with Gasteiger partial charge in [-0.05, 0) is 38.5 Å². The van der Waals surface area contributed by atoms with Gasteiger partial charge in [0, 0.05) is 12.1 Å². The van der Waals surface area contributed by atoms with Gasteiger partial charge in [0.25, 0.3) is 11.6 Å². The van der Waals surface area contributed by atoms with Crippen LogP contribution >= 0.6 is 11.3 Å². The molecule has 30 heavy (non-hydrogen) atoms. The Kier molecular flexibility index (Phi) is 7.87. The summed E-state index contributed by atoms with van der Waals surface area (Å²) in [5.41, 5.74) is 0.323. The fraction of sp³-hybridized carbons (Fsp3) is 0.316. The summed E-state index contributed by atoms with van der Waals surface area (Å²) in [5.74, 6) is -1.60. The fourth-order valence-corrected chi connectivity index (χ4v) is 3.52. The molecule has 0 unspecified atom stereocenters. The lowest BCUT2D eigenvalue weighted by Gasteiger charge is -2.08. The number of nitrogens with zero attached hydrogens (tertiary/aromatic N) is 1. The maximum absolute atomic E-state index is 12.3. The van der Waals surface area contributed by atoms with Gasteiger partial charge in [-0.15, -0.1) is 11.3 Å². The third kappa shape index (κ3) is 5.54. The molecule has 1 amide bonds. The van der Waals surface area contributed by atoms with Crippen LogP contribution in [0.25, 0.3) is 0 Å². The average molecular weight is 436 g/mol. The van der Waals surface area contributed by atoms with Crippen molar-refractivity contribution < 1.29 is 33.5 Å².